The second-order valence-corrected chi connectivity index (χ2v) is 4.29. The van der Waals surface area contributed by atoms with E-state index in [1.807, 2.05) is 12.1 Å². The number of H-pyrrole nitrogens is 1. The molecule has 2 rings (SSSR count). The Hall–Kier alpha value is -2.36. The van der Waals surface area contributed by atoms with E-state index < -0.39 is 0 Å². The van der Waals surface area contributed by atoms with Crippen molar-refractivity contribution in [2.45, 2.75) is 19.9 Å². The molecule has 2 aromatic rings. The number of carbonyl (C=O) groups is 1. The summed E-state index contributed by atoms with van der Waals surface area (Å²) in [7, 11) is 0. The number of aromatic amines is 1. The third-order valence-electron chi connectivity index (χ3n) is 2.93. The maximum Gasteiger partial charge on any atom is 0.253 e. The van der Waals surface area contributed by atoms with Crippen molar-refractivity contribution in [2.24, 2.45) is 0 Å². The van der Waals surface area contributed by atoms with Crippen LogP contribution in [0.1, 0.15) is 28.4 Å². The first-order valence-corrected chi connectivity index (χ1v) is 6.24. The second-order valence-electron chi connectivity index (χ2n) is 4.29. The lowest BCUT2D eigenvalue weighted by molar-refractivity contribution is 0.0950. The summed E-state index contributed by atoms with van der Waals surface area (Å²) in [6.07, 6.45) is 2.42. The Morgan fingerprint density at radius 3 is 2.37 bits per heavy atom. The van der Waals surface area contributed by atoms with Crippen molar-refractivity contribution < 1.29 is 4.79 Å². The Labute approximate surface area is 111 Å². The average Bonchev–Trinajstić information content (AvgIpc) is 2.46. The van der Waals surface area contributed by atoms with Crippen LogP contribution in [0.3, 0.4) is 0 Å². The first-order chi connectivity index (χ1) is 9.19. The van der Waals surface area contributed by atoms with E-state index in [0.717, 1.165) is 12.0 Å². The molecule has 0 bridgehead atoms. The summed E-state index contributed by atoms with van der Waals surface area (Å²) >= 11 is 0. The summed E-state index contributed by atoms with van der Waals surface area (Å²) in [6, 6.07) is 11.0. The smallest absolute Gasteiger partial charge is 0.253 e. The highest BCUT2D eigenvalue weighted by molar-refractivity contribution is 5.93. The Morgan fingerprint density at radius 2 is 1.79 bits per heavy atom. The van der Waals surface area contributed by atoms with Crippen LogP contribution in [0.5, 0.6) is 0 Å². The third-order valence-corrected chi connectivity index (χ3v) is 2.93. The van der Waals surface area contributed by atoms with Crippen molar-refractivity contribution in [3.05, 3.63) is 69.6 Å². The van der Waals surface area contributed by atoms with Crippen molar-refractivity contribution in [3.8, 4) is 0 Å². The molecule has 2 N–H and O–H groups in total. The van der Waals surface area contributed by atoms with Crippen LogP contribution in [0.15, 0.2) is 47.4 Å². The minimum Gasteiger partial charge on any atom is -0.348 e. The molecule has 4 nitrogen and oxygen atoms in total. The summed E-state index contributed by atoms with van der Waals surface area (Å²) in [5.74, 6) is -0.198. The van der Waals surface area contributed by atoms with Crippen molar-refractivity contribution in [1.82, 2.24) is 10.3 Å². The largest absolute Gasteiger partial charge is 0.348 e. The average molecular weight is 256 g/mol. The van der Waals surface area contributed by atoms with Crippen molar-refractivity contribution in [1.29, 1.82) is 0 Å². The number of rotatable bonds is 4. The van der Waals surface area contributed by atoms with E-state index in [1.54, 1.807) is 0 Å². The quantitative estimate of drug-likeness (QED) is 0.877. The molecule has 0 aliphatic heterocycles. The van der Waals surface area contributed by atoms with Gasteiger partial charge in [0.1, 0.15) is 0 Å². The molecule has 1 amide bonds. The van der Waals surface area contributed by atoms with E-state index in [4.69, 9.17) is 0 Å². The highest BCUT2D eigenvalue weighted by Crippen LogP contribution is 2.05. The fourth-order valence-corrected chi connectivity index (χ4v) is 1.73. The monoisotopic (exact) mass is 256 g/mol. The van der Waals surface area contributed by atoms with Gasteiger partial charge in [-0.1, -0.05) is 31.2 Å². The molecule has 1 heterocycles. The molecule has 0 aliphatic carbocycles. The number of aromatic nitrogens is 1. The molecule has 0 fully saturated rings. The Balaban J connectivity index is 1.96. The molecule has 0 saturated carbocycles. The number of hydrogen-bond donors (Lipinski definition) is 2. The maximum absolute atomic E-state index is 11.8. The van der Waals surface area contributed by atoms with Gasteiger partial charge in [-0.2, -0.15) is 0 Å². The van der Waals surface area contributed by atoms with Crippen molar-refractivity contribution >= 4 is 5.91 Å². The zero-order chi connectivity index (χ0) is 13.7. The number of aryl methyl sites for hydroxylation is 1. The normalized spacial score (nSPS) is 10.2. The molecular weight excluding hydrogens is 240 g/mol. The highest BCUT2D eigenvalue weighted by Gasteiger charge is 2.04. The first-order valence-electron chi connectivity index (χ1n) is 6.24. The SMILES string of the molecule is CCc1ccc(CNC(=O)c2ccc(=O)[nH]c2)cc1. The molecule has 19 heavy (non-hydrogen) atoms. The molecule has 0 atom stereocenters. The van der Waals surface area contributed by atoms with Gasteiger partial charge < -0.3 is 10.3 Å². The Bertz CT molecular complexity index is 594. The van der Waals surface area contributed by atoms with Crippen LogP contribution in [0.25, 0.3) is 0 Å². The summed E-state index contributed by atoms with van der Waals surface area (Å²) in [5, 5.41) is 2.81. The highest BCUT2D eigenvalue weighted by atomic mass is 16.1. The van der Waals surface area contributed by atoms with Crippen LogP contribution in [0, 0.1) is 0 Å². The number of nitrogens with one attached hydrogen (secondary N) is 2. The Kier molecular flexibility index (Phi) is 4.13. The molecule has 4 heteroatoms. The van der Waals surface area contributed by atoms with Crippen LogP contribution < -0.4 is 10.9 Å². The molecular formula is C15H16N2O2. The molecule has 0 spiro atoms. The predicted molar refractivity (Wildman–Crippen MR) is 74.1 cm³/mol. The first kappa shape index (κ1) is 13.1. The van der Waals surface area contributed by atoms with Crippen LogP contribution in [0.2, 0.25) is 0 Å². The molecule has 0 aliphatic rings. The van der Waals surface area contributed by atoms with Gasteiger partial charge in [0.25, 0.3) is 5.91 Å². The summed E-state index contributed by atoms with van der Waals surface area (Å²) < 4.78 is 0. The van der Waals surface area contributed by atoms with Gasteiger partial charge in [-0.3, -0.25) is 9.59 Å². The standard InChI is InChI=1S/C15H16N2O2/c1-2-11-3-5-12(6-4-11)9-17-15(19)13-7-8-14(18)16-10-13/h3-8,10H,2,9H2,1H3,(H,16,18)(H,17,19). The van der Waals surface area contributed by atoms with E-state index in [9.17, 15) is 9.59 Å². The number of benzene rings is 1. The minimum absolute atomic E-state index is 0.198. The molecule has 1 aromatic heterocycles. The predicted octanol–water partition coefficient (Wildman–Crippen LogP) is 1.87. The molecule has 1 aromatic carbocycles. The van der Waals surface area contributed by atoms with Crippen LogP contribution in [-0.4, -0.2) is 10.9 Å². The van der Waals surface area contributed by atoms with E-state index in [1.165, 1.54) is 23.9 Å². The molecule has 0 saturated heterocycles. The lowest BCUT2D eigenvalue weighted by Gasteiger charge is -2.06. The third kappa shape index (κ3) is 3.55. The lowest BCUT2D eigenvalue weighted by Crippen LogP contribution is -2.23. The van der Waals surface area contributed by atoms with Crippen LogP contribution in [0.4, 0.5) is 0 Å². The molecule has 98 valence electrons. The number of amides is 1. The molecule has 0 unspecified atom stereocenters. The van der Waals surface area contributed by atoms with E-state index >= 15 is 0 Å². The number of carbonyl (C=O) groups excluding carboxylic acids is 1. The summed E-state index contributed by atoms with van der Waals surface area (Å²) in [6.45, 7) is 2.58. The van der Waals surface area contributed by atoms with Gasteiger partial charge in [0.15, 0.2) is 0 Å². The topological polar surface area (TPSA) is 62.0 Å². The summed E-state index contributed by atoms with van der Waals surface area (Å²) in [4.78, 5) is 25.2. The van der Waals surface area contributed by atoms with Gasteiger partial charge in [0, 0.05) is 18.8 Å². The Morgan fingerprint density at radius 1 is 1.11 bits per heavy atom. The van der Waals surface area contributed by atoms with Crippen molar-refractivity contribution in [2.75, 3.05) is 0 Å². The number of hydrogen-bond acceptors (Lipinski definition) is 2. The van der Waals surface area contributed by atoms with Gasteiger partial charge >= 0.3 is 0 Å². The van der Waals surface area contributed by atoms with Gasteiger partial charge in [0.2, 0.25) is 5.56 Å². The lowest BCUT2D eigenvalue weighted by atomic mass is 10.1. The van der Waals surface area contributed by atoms with Gasteiger partial charge in [-0.05, 0) is 23.6 Å². The zero-order valence-electron chi connectivity index (χ0n) is 10.8. The summed E-state index contributed by atoms with van der Waals surface area (Å²) in [5.41, 5.74) is 2.56. The fourth-order valence-electron chi connectivity index (χ4n) is 1.73. The minimum atomic E-state index is -0.216. The van der Waals surface area contributed by atoms with Crippen LogP contribution >= 0.6 is 0 Å². The van der Waals surface area contributed by atoms with E-state index in [2.05, 4.69) is 29.4 Å². The zero-order valence-corrected chi connectivity index (χ0v) is 10.8. The van der Waals surface area contributed by atoms with Gasteiger partial charge in [-0.15, -0.1) is 0 Å². The van der Waals surface area contributed by atoms with Gasteiger partial charge in [-0.25, -0.2) is 0 Å². The fraction of sp³-hybridized carbons (Fsp3) is 0.200. The van der Waals surface area contributed by atoms with Crippen molar-refractivity contribution in [3.63, 3.8) is 0 Å². The van der Waals surface area contributed by atoms with Gasteiger partial charge in [0.05, 0.1) is 5.56 Å². The second kappa shape index (κ2) is 6.00. The number of pyridine rings is 1. The molecule has 0 radical (unpaired) electrons. The van der Waals surface area contributed by atoms with Crippen LogP contribution in [-0.2, 0) is 13.0 Å². The van der Waals surface area contributed by atoms with E-state index in [0.29, 0.717) is 12.1 Å². The maximum atomic E-state index is 11.8. The van der Waals surface area contributed by atoms with E-state index in [-0.39, 0.29) is 11.5 Å².